The number of nitrogens with zero attached hydrogens (tertiary/aromatic N) is 3. The molecular weight excluding hydrogens is 236 g/mol. The second kappa shape index (κ2) is 3.66. The largest absolute Gasteiger partial charge is 0.383 e. The first-order valence-electron chi connectivity index (χ1n) is 4.86. The summed E-state index contributed by atoms with van der Waals surface area (Å²) in [5.74, 6) is -0.654. The zero-order valence-corrected chi connectivity index (χ0v) is 9.59. The second-order valence-electron chi connectivity index (χ2n) is 3.52. The van der Waals surface area contributed by atoms with Gasteiger partial charge in [-0.15, -0.1) is 5.10 Å². The Balaban J connectivity index is 2.73. The molecule has 0 unspecified atom stereocenters. The van der Waals surface area contributed by atoms with E-state index in [-0.39, 0.29) is 0 Å². The van der Waals surface area contributed by atoms with Crippen LogP contribution in [0.4, 0.5) is 8.78 Å². The number of alkyl halides is 3. The number of halogens is 3. The maximum absolute atomic E-state index is 12.9. The van der Waals surface area contributed by atoms with Crippen LogP contribution in [0.2, 0.25) is 0 Å². The van der Waals surface area contributed by atoms with E-state index in [4.69, 9.17) is 11.6 Å². The van der Waals surface area contributed by atoms with Crippen LogP contribution in [0.25, 0.3) is 5.65 Å². The van der Waals surface area contributed by atoms with Crippen molar-refractivity contribution >= 4 is 17.2 Å². The van der Waals surface area contributed by atoms with Crippen LogP contribution in [-0.2, 0) is 11.8 Å². The minimum absolute atomic E-state index is 0.442. The number of aryl methyl sites for hydroxylation is 2. The molecule has 0 aliphatic heterocycles. The molecule has 0 fully saturated rings. The minimum atomic E-state index is -3.52. The highest BCUT2D eigenvalue weighted by Gasteiger charge is 2.33. The van der Waals surface area contributed by atoms with E-state index < -0.39 is 11.2 Å². The molecule has 6 heteroatoms. The molecule has 0 saturated heterocycles. The fourth-order valence-electron chi connectivity index (χ4n) is 1.53. The highest BCUT2D eigenvalue weighted by Crippen LogP contribution is 2.30. The van der Waals surface area contributed by atoms with Gasteiger partial charge in [0.25, 0.3) is 0 Å². The summed E-state index contributed by atoms with van der Waals surface area (Å²) in [6.45, 7) is 3.70. The van der Waals surface area contributed by atoms with Gasteiger partial charge in [-0.3, -0.25) is 0 Å². The van der Waals surface area contributed by atoms with E-state index in [9.17, 15) is 8.78 Å². The Morgan fingerprint density at radius 2 is 2.12 bits per heavy atom. The number of hydrogen-bond donors (Lipinski definition) is 0. The molecule has 2 rings (SSSR count). The summed E-state index contributed by atoms with van der Waals surface area (Å²) in [4.78, 5) is 3.79. The molecule has 16 heavy (non-hydrogen) atoms. The number of pyridine rings is 1. The molecule has 0 aromatic carbocycles. The molecule has 3 nitrogen and oxygen atoms in total. The van der Waals surface area contributed by atoms with Crippen molar-refractivity contribution in [2.75, 3.05) is 0 Å². The number of aromatic nitrogens is 3. The molecule has 0 aliphatic rings. The topological polar surface area (TPSA) is 30.2 Å². The molecule has 0 atom stereocenters. The Labute approximate surface area is 96.1 Å². The van der Waals surface area contributed by atoms with E-state index in [1.165, 1.54) is 4.52 Å². The summed E-state index contributed by atoms with van der Waals surface area (Å²) in [5.41, 5.74) is 2.05. The summed E-state index contributed by atoms with van der Waals surface area (Å²) in [7, 11) is 0. The number of fused-ring (bicyclic) bond motifs is 1. The lowest BCUT2D eigenvalue weighted by molar-refractivity contribution is 0.0847. The molecule has 86 valence electrons. The van der Waals surface area contributed by atoms with Gasteiger partial charge in [0.15, 0.2) is 5.65 Å². The van der Waals surface area contributed by atoms with Crippen LogP contribution in [0, 0.1) is 6.92 Å². The van der Waals surface area contributed by atoms with Gasteiger partial charge < -0.3 is 0 Å². The van der Waals surface area contributed by atoms with Crippen molar-refractivity contribution in [2.45, 2.75) is 25.7 Å². The molecule has 0 N–H and O–H groups in total. The fourth-order valence-corrected chi connectivity index (χ4v) is 1.61. The molecular formula is C10H10ClF2N3. The van der Waals surface area contributed by atoms with Crippen molar-refractivity contribution in [1.82, 2.24) is 14.6 Å². The normalized spacial score (nSPS) is 12.3. The maximum atomic E-state index is 12.9. The van der Waals surface area contributed by atoms with Gasteiger partial charge in [0, 0.05) is 5.69 Å². The summed E-state index contributed by atoms with van der Waals surface area (Å²) >= 11 is 4.91. The van der Waals surface area contributed by atoms with Gasteiger partial charge in [-0.25, -0.2) is 9.50 Å². The minimum Gasteiger partial charge on any atom is -0.217 e. The second-order valence-corrected chi connectivity index (χ2v) is 4.00. The summed E-state index contributed by atoms with van der Waals surface area (Å²) in [6.07, 6.45) is 0.704. The summed E-state index contributed by atoms with van der Waals surface area (Å²) in [6, 6.07) is 3.67. The van der Waals surface area contributed by atoms with E-state index in [0.29, 0.717) is 12.1 Å². The monoisotopic (exact) mass is 245 g/mol. The Kier molecular flexibility index (Phi) is 2.58. The summed E-state index contributed by atoms with van der Waals surface area (Å²) < 4.78 is 27.2. The SMILES string of the molecule is CCc1ccc(C)n2nc(C(F)(F)Cl)nc12. The van der Waals surface area contributed by atoms with Gasteiger partial charge in [0.2, 0.25) is 5.82 Å². The van der Waals surface area contributed by atoms with Crippen molar-refractivity contribution in [1.29, 1.82) is 0 Å². The van der Waals surface area contributed by atoms with Crippen LogP contribution < -0.4 is 0 Å². The molecule has 2 aromatic heterocycles. The van der Waals surface area contributed by atoms with Crippen molar-refractivity contribution in [3.63, 3.8) is 0 Å². The van der Waals surface area contributed by atoms with Gasteiger partial charge in [-0.2, -0.15) is 8.78 Å². The quantitative estimate of drug-likeness (QED) is 0.762. The van der Waals surface area contributed by atoms with Crippen molar-refractivity contribution in [3.05, 3.63) is 29.2 Å². The predicted octanol–water partition coefficient (Wildman–Crippen LogP) is 2.89. The van der Waals surface area contributed by atoms with Gasteiger partial charge in [0.05, 0.1) is 0 Å². The van der Waals surface area contributed by atoms with Crippen LogP contribution in [0.3, 0.4) is 0 Å². The van der Waals surface area contributed by atoms with E-state index >= 15 is 0 Å². The standard InChI is InChI=1S/C10H10ClF2N3/c1-3-7-5-4-6(2)16-8(7)14-9(15-16)10(11,12)13/h4-5H,3H2,1-2H3. The zero-order valence-electron chi connectivity index (χ0n) is 8.84. The third-order valence-electron chi connectivity index (χ3n) is 2.39. The first kappa shape index (κ1) is 11.3. The van der Waals surface area contributed by atoms with Gasteiger partial charge in [-0.1, -0.05) is 13.0 Å². The highest BCUT2D eigenvalue weighted by atomic mass is 35.5. The number of rotatable bonds is 2. The van der Waals surface area contributed by atoms with Crippen molar-refractivity contribution < 1.29 is 8.78 Å². The van der Waals surface area contributed by atoms with E-state index in [0.717, 1.165) is 11.3 Å². The Hall–Kier alpha value is -1.23. The van der Waals surface area contributed by atoms with Crippen molar-refractivity contribution in [2.24, 2.45) is 0 Å². The van der Waals surface area contributed by atoms with Crippen LogP contribution in [-0.4, -0.2) is 14.6 Å². The summed E-state index contributed by atoms with van der Waals surface area (Å²) in [5, 5.41) is 0.191. The van der Waals surface area contributed by atoms with Gasteiger partial charge in [0.1, 0.15) is 0 Å². The molecule has 0 aliphatic carbocycles. The molecule has 0 amide bonds. The lowest BCUT2D eigenvalue weighted by atomic mass is 10.2. The fraction of sp³-hybridized carbons (Fsp3) is 0.400. The third kappa shape index (κ3) is 1.75. The van der Waals surface area contributed by atoms with Crippen LogP contribution >= 0.6 is 11.6 Å². The lowest BCUT2D eigenvalue weighted by Crippen LogP contribution is -2.06. The average molecular weight is 246 g/mol. The van der Waals surface area contributed by atoms with Crippen molar-refractivity contribution in [3.8, 4) is 0 Å². The first-order valence-corrected chi connectivity index (χ1v) is 5.23. The molecule has 0 spiro atoms. The van der Waals surface area contributed by atoms with Crippen LogP contribution in [0.15, 0.2) is 12.1 Å². The van der Waals surface area contributed by atoms with E-state index in [1.807, 2.05) is 19.1 Å². The molecule has 2 aromatic rings. The Bertz CT molecular complexity index is 531. The van der Waals surface area contributed by atoms with Gasteiger partial charge in [-0.05, 0) is 36.6 Å². The zero-order chi connectivity index (χ0) is 11.9. The highest BCUT2D eigenvalue weighted by molar-refractivity contribution is 6.21. The first-order chi connectivity index (χ1) is 7.43. The Morgan fingerprint density at radius 3 is 2.69 bits per heavy atom. The lowest BCUT2D eigenvalue weighted by Gasteiger charge is -2.01. The molecule has 2 heterocycles. The number of hydrogen-bond acceptors (Lipinski definition) is 2. The average Bonchev–Trinajstić information content (AvgIpc) is 2.63. The van der Waals surface area contributed by atoms with Crippen LogP contribution in [0.1, 0.15) is 24.0 Å². The molecule has 0 saturated carbocycles. The Morgan fingerprint density at radius 1 is 1.44 bits per heavy atom. The van der Waals surface area contributed by atoms with E-state index in [2.05, 4.69) is 10.1 Å². The smallest absolute Gasteiger partial charge is 0.217 e. The van der Waals surface area contributed by atoms with Crippen LogP contribution in [0.5, 0.6) is 0 Å². The molecule has 0 radical (unpaired) electrons. The van der Waals surface area contributed by atoms with E-state index in [1.54, 1.807) is 6.92 Å². The third-order valence-corrected chi connectivity index (χ3v) is 2.56. The van der Waals surface area contributed by atoms with Gasteiger partial charge >= 0.3 is 5.38 Å². The molecule has 0 bridgehead atoms. The maximum Gasteiger partial charge on any atom is 0.383 e. The predicted molar refractivity (Wildman–Crippen MR) is 56.8 cm³/mol.